The lowest BCUT2D eigenvalue weighted by molar-refractivity contribution is 0.236. The van der Waals surface area contributed by atoms with Gasteiger partial charge in [0.15, 0.2) is 0 Å². The zero-order valence-electron chi connectivity index (χ0n) is 10.6. The Labute approximate surface area is 140 Å². The molecule has 1 aromatic carbocycles. The number of carbonyl (C=O) groups is 1. The minimum Gasteiger partial charge on any atom is -0.275 e. The van der Waals surface area contributed by atoms with Gasteiger partial charge in [0.05, 0.1) is 0 Å². The molecule has 1 N–H and O–H groups in total. The first-order chi connectivity index (χ1) is 9.85. The molecule has 1 aromatic rings. The topological polar surface area (TPSA) is 35.6 Å². The second-order valence-electron chi connectivity index (χ2n) is 4.87. The van der Waals surface area contributed by atoms with Crippen LogP contribution in [0.3, 0.4) is 0 Å². The van der Waals surface area contributed by atoms with E-state index in [-0.39, 0.29) is 18.0 Å². The van der Waals surface area contributed by atoms with Gasteiger partial charge in [0, 0.05) is 17.6 Å². The Kier molecular flexibility index (Phi) is 4.18. The van der Waals surface area contributed by atoms with Crippen molar-refractivity contribution in [1.82, 2.24) is 9.84 Å². The Morgan fingerprint density at radius 3 is 2.38 bits per heavy atom. The van der Waals surface area contributed by atoms with E-state index >= 15 is 0 Å². The lowest BCUT2D eigenvalue weighted by atomic mass is 10.2. The highest BCUT2D eigenvalue weighted by Gasteiger charge is 2.48. The van der Waals surface area contributed by atoms with Gasteiger partial charge in [-0.3, -0.25) is 4.90 Å². The van der Waals surface area contributed by atoms with Crippen LogP contribution >= 0.6 is 46.8 Å². The largest absolute Gasteiger partial charge is 0.350 e. The first kappa shape index (κ1) is 15.5. The molecule has 1 saturated heterocycles. The maximum Gasteiger partial charge on any atom is 0.350 e. The van der Waals surface area contributed by atoms with Gasteiger partial charge in [-0.25, -0.2) is 9.18 Å². The first-order valence-corrected chi connectivity index (χ1v) is 8.17. The van der Waals surface area contributed by atoms with Crippen LogP contribution in [-0.2, 0) is 0 Å². The molecular weight excluding hydrogens is 360 g/mol. The van der Waals surface area contributed by atoms with Crippen LogP contribution in [0.4, 0.5) is 14.9 Å². The minimum absolute atomic E-state index is 0.206. The fraction of sp³-hybridized carbons (Fsp3) is 0.417. The van der Waals surface area contributed by atoms with Crippen LogP contribution in [0.2, 0.25) is 0 Å². The maximum atomic E-state index is 13.1. The molecule has 0 aromatic heterocycles. The van der Waals surface area contributed by atoms with E-state index in [0.717, 1.165) is 24.8 Å². The number of rotatable bonds is 3. The van der Waals surface area contributed by atoms with Gasteiger partial charge >= 0.3 is 6.03 Å². The van der Waals surface area contributed by atoms with Gasteiger partial charge < -0.3 is 0 Å². The number of amides is 2. The van der Waals surface area contributed by atoms with Gasteiger partial charge in [0.1, 0.15) is 12.0 Å². The van der Waals surface area contributed by atoms with E-state index in [1.807, 2.05) is 0 Å². The van der Waals surface area contributed by atoms with E-state index in [0.29, 0.717) is 11.6 Å². The number of hydrazine groups is 1. The Balaban J connectivity index is 1.86. The molecular formula is C12H11Cl3FN3OS. The second-order valence-corrected chi connectivity index (χ2v) is 8.99. The summed E-state index contributed by atoms with van der Waals surface area (Å²) in [4.78, 5) is 14.1. The summed E-state index contributed by atoms with van der Waals surface area (Å²) in [5, 5.41) is 0. The number of nitrogens with one attached hydrogen (secondary N) is 1. The number of hydrogen-bond acceptors (Lipinski definition) is 3. The molecule has 0 bridgehead atoms. The Hall–Kier alpha value is -0.400. The summed E-state index contributed by atoms with van der Waals surface area (Å²) >= 11 is 18.0. The molecule has 2 amide bonds. The third-order valence-corrected chi connectivity index (χ3v) is 4.55. The van der Waals surface area contributed by atoms with Crippen LogP contribution < -0.4 is 10.3 Å². The Bertz CT molecular complexity index is 550. The van der Waals surface area contributed by atoms with E-state index in [1.165, 1.54) is 16.5 Å². The van der Waals surface area contributed by atoms with Crippen molar-refractivity contribution >= 4 is 58.5 Å². The molecule has 21 heavy (non-hydrogen) atoms. The van der Waals surface area contributed by atoms with E-state index in [1.54, 1.807) is 17.0 Å². The minimum atomic E-state index is -1.64. The molecule has 3 rings (SSSR count). The zero-order chi connectivity index (χ0) is 15.2. The van der Waals surface area contributed by atoms with Crippen LogP contribution in [0.1, 0.15) is 12.8 Å². The normalized spacial score (nSPS) is 23.0. The molecule has 4 nitrogen and oxygen atoms in total. The van der Waals surface area contributed by atoms with Crippen molar-refractivity contribution < 1.29 is 9.18 Å². The highest BCUT2D eigenvalue weighted by atomic mass is 35.6. The molecule has 0 radical (unpaired) electrons. The molecule has 1 aliphatic carbocycles. The fourth-order valence-corrected chi connectivity index (χ4v) is 3.37. The van der Waals surface area contributed by atoms with Gasteiger partial charge in [0.2, 0.25) is 0 Å². The number of anilines is 1. The lowest BCUT2D eigenvalue weighted by Crippen LogP contribution is -2.39. The maximum absolute atomic E-state index is 13.1. The van der Waals surface area contributed by atoms with E-state index in [4.69, 9.17) is 34.8 Å². The monoisotopic (exact) mass is 369 g/mol. The number of hydrogen-bond donors (Lipinski definition) is 1. The summed E-state index contributed by atoms with van der Waals surface area (Å²) in [6, 6.07) is 5.42. The van der Waals surface area contributed by atoms with Crippen molar-refractivity contribution in [2.75, 3.05) is 4.90 Å². The predicted octanol–water partition coefficient (Wildman–Crippen LogP) is 4.28. The molecule has 2 fully saturated rings. The Morgan fingerprint density at radius 1 is 1.24 bits per heavy atom. The quantitative estimate of drug-likeness (QED) is 0.637. The summed E-state index contributed by atoms with van der Waals surface area (Å²) in [6.45, 7) is 0. The molecule has 1 heterocycles. The molecule has 1 unspecified atom stereocenters. The van der Waals surface area contributed by atoms with Gasteiger partial charge in [-0.1, -0.05) is 34.8 Å². The molecule has 2 aliphatic rings. The van der Waals surface area contributed by atoms with Crippen molar-refractivity contribution in [3.05, 3.63) is 30.1 Å². The summed E-state index contributed by atoms with van der Waals surface area (Å²) in [7, 11) is 0. The van der Waals surface area contributed by atoms with Crippen molar-refractivity contribution in [2.45, 2.75) is 22.1 Å². The summed E-state index contributed by atoms with van der Waals surface area (Å²) in [5.74, 6) is -0.00571. The van der Waals surface area contributed by atoms with Crippen molar-refractivity contribution in [3.8, 4) is 0 Å². The molecule has 9 heteroatoms. The zero-order valence-corrected chi connectivity index (χ0v) is 13.7. The summed E-state index contributed by atoms with van der Waals surface area (Å²) in [6.07, 6.45) is 1.84. The van der Waals surface area contributed by atoms with E-state index in [2.05, 4.69) is 5.43 Å². The van der Waals surface area contributed by atoms with Crippen LogP contribution in [0.25, 0.3) is 0 Å². The van der Waals surface area contributed by atoms with Crippen LogP contribution in [-0.4, -0.2) is 19.7 Å². The van der Waals surface area contributed by atoms with Crippen LogP contribution in [0.15, 0.2) is 24.3 Å². The van der Waals surface area contributed by atoms with Crippen molar-refractivity contribution in [1.29, 1.82) is 0 Å². The van der Waals surface area contributed by atoms with Crippen molar-refractivity contribution in [3.63, 3.8) is 0 Å². The van der Waals surface area contributed by atoms with Gasteiger partial charge in [0.25, 0.3) is 3.12 Å². The summed E-state index contributed by atoms with van der Waals surface area (Å²) < 4.78 is 12.6. The summed E-state index contributed by atoms with van der Waals surface area (Å²) in [5.41, 5.74) is 3.66. The lowest BCUT2D eigenvalue weighted by Gasteiger charge is -2.21. The van der Waals surface area contributed by atoms with E-state index in [9.17, 15) is 9.18 Å². The molecule has 1 aliphatic heterocycles. The highest BCUT2D eigenvalue weighted by Crippen LogP contribution is 2.45. The number of alkyl halides is 3. The molecule has 1 atom stereocenters. The molecule has 1 saturated carbocycles. The average molecular weight is 371 g/mol. The third kappa shape index (κ3) is 3.51. The number of carbonyl (C=O) groups excluding carboxylic acids is 1. The Morgan fingerprint density at radius 2 is 1.86 bits per heavy atom. The number of benzene rings is 1. The van der Waals surface area contributed by atoms with Crippen molar-refractivity contribution in [2.24, 2.45) is 5.92 Å². The second kappa shape index (κ2) is 5.66. The number of urea groups is 1. The van der Waals surface area contributed by atoms with Gasteiger partial charge in [-0.15, -0.1) is 0 Å². The predicted molar refractivity (Wildman–Crippen MR) is 83.6 cm³/mol. The van der Waals surface area contributed by atoms with Crippen LogP contribution in [0.5, 0.6) is 0 Å². The highest BCUT2D eigenvalue weighted by molar-refractivity contribution is 8.03. The smallest absolute Gasteiger partial charge is 0.275 e. The number of halogens is 4. The van der Waals surface area contributed by atoms with Gasteiger partial charge in [-0.05, 0) is 43.0 Å². The van der Waals surface area contributed by atoms with Gasteiger partial charge in [-0.2, -0.15) is 9.84 Å². The molecule has 114 valence electrons. The molecule has 0 spiro atoms. The first-order valence-electron chi connectivity index (χ1n) is 6.26. The third-order valence-electron chi connectivity index (χ3n) is 3.28. The average Bonchev–Trinajstić information content (AvgIpc) is 3.17. The number of nitrogens with zero attached hydrogens (tertiary/aromatic N) is 2. The standard InChI is InChI=1S/C12H11Cl3FN3OS/c13-12(14,15)21-19-11(20)18(10(17-19)7-1-2-7)9-5-3-8(16)4-6-9/h3-7,10,17H,1-2H2. The SMILES string of the molecule is O=C1N(SC(Cl)(Cl)Cl)NC(C2CC2)N1c1ccc(F)cc1. The van der Waals surface area contributed by atoms with Crippen LogP contribution in [0, 0.1) is 11.7 Å². The van der Waals surface area contributed by atoms with E-state index < -0.39 is 3.12 Å². The fourth-order valence-electron chi connectivity index (χ4n) is 2.22.